The fraction of sp³-hybridized carbons (Fsp3) is 0.0952. The van der Waals surface area contributed by atoms with E-state index in [1.807, 2.05) is 30.3 Å². The number of amides is 1. The molecule has 7 nitrogen and oxygen atoms in total. The summed E-state index contributed by atoms with van der Waals surface area (Å²) in [5.41, 5.74) is 0.481. The number of sulfone groups is 1. The Hall–Kier alpha value is -3.52. The van der Waals surface area contributed by atoms with Crippen LogP contribution in [-0.2, 0) is 16.3 Å². The molecule has 0 unspecified atom stereocenters. The number of rotatable bonds is 6. The lowest BCUT2D eigenvalue weighted by atomic mass is 10.0. The van der Waals surface area contributed by atoms with E-state index < -0.39 is 9.84 Å². The molecule has 0 saturated carbocycles. The Balaban J connectivity index is 1.45. The highest BCUT2D eigenvalue weighted by Crippen LogP contribution is 2.20. The first-order valence-electron chi connectivity index (χ1n) is 8.92. The molecule has 0 saturated heterocycles. The Labute approximate surface area is 167 Å². The molecule has 1 N–H and O–H groups in total. The van der Waals surface area contributed by atoms with Crippen LogP contribution in [-0.4, -0.2) is 30.3 Å². The zero-order valence-corrected chi connectivity index (χ0v) is 16.1. The highest BCUT2D eigenvalue weighted by Gasteiger charge is 2.18. The molecule has 0 aliphatic carbocycles. The number of carbonyl (C=O) groups is 1. The summed E-state index contributed by atoms with van der Waals surface area (Å²) < 4.78 is 30.1. The largest absolute Gasteiger partial charge is 0.408 e. The van der Waals surface area contributed by atoms with Crippen molar-refractivity contribution in [2.75, 3.05) is 11.1 Å². The number of hydrogen-bond acceptors (Lipinski definition) is 6. The van der Waals surface area contributed by atoms with E-state index in [0.717, 1.165) is 10.8 Å². The summed E-state index contributed by atoms with van der Waals surface area (Å²) >= 11 is 0. The molecule has 1 heterocycles. The Morgan fingerprint density at radius 3 is 2.45 bits per heavy atom. The van der Waals surface area contributed by atoms with Crippen LogP contribution in [0.4, 0.5) is 6.01 Å². The monoisotopic (exact) mass is 407 g/mol. The lowest BCUT2D eigenvalue weighted by Crippen LogP contribution is -2.12. The zero-order valence-electron chi connectivity index (χ0n) is 15.3. The number of aromatic nitrogens is 2. The fourth-order valence-corrected chi connectivity index (χ4v) is 4.21. The van der Waals surface area contributed by atoms with Crippen molar-refractivity contribution in [1.29, 1.82) is 0 Å². The third-order valence-corrected chi connectivity index (χ3v) is 6.14. The first-order chi connectivity index (χ1) is 14.0. The Bertz CT molecular complexity index is 1260. The molecule has 0 radical (unpaired) electrons. The maximum absolute atomic E-state index is 12.6. The number of carbonyl (C=O) groups excluding carboxylic acids is 1. The van der Waals surface area contributed by atoms with Gasteiger partial charge in [0.25, 0.3) is 5.91 Å². The third kappa shape index (κ3) is 4.17. The van der Waals surface area contributed by atoms with Crippen molar-refractivity contribution in [2.24, 2.45) is 0 Å². The van der Waals surface area contributed by atoms with Crippen molar-refractivity contribution in [3.63, 3.8) is 0 Å². The summed E-state index contributed by atoms with van der Waals surface area (Å²) in [6.07, 6.45) is 0.0500. The number of nitrogens with zero attached hydrogens (tertiary/aromatic N) is 2. The molecule has 0 aliphatic heterocycles. The van der Waals surface area contributed by atoms with Gasteiger partial charge in [-0.3, -0.25) is 10.1 Å². The molecule has 3 aromatic carbocycles. The highest BCUT2D eigenvalue weighted by atomic mass is 32.2. The molecule has 1 aromatic heterocycles. The van der Waals surface area contributed by atoms with E-state index in [9.17, 15) is 13.2 Å². The maximum atomic E-state index is 12.6. The minimum Gasteiger partial charge on any atom is -0.408 e. The van der Waals surface area contributed by atoms with E-state index >= 15 is 0 Å². The summed E-state index contributed by atoms with van der Waals surface area (Å²) in [7, 11) is -3.45. The minimum atomic E-state index is -3.45. The van der Waals surface area contributed by atoms with E-state index in [2.05, 4.69) is 15.5 Å². The average Bonchev–Trinajstić information content (AvgIpc) is 3.20. The van der Waals surface area contributed by atoms with Crippen LogP contribution in [0.1, 0.15) is 16.2 Å². The SMILES string of the molecule is O=C(Nc1nnc(CCS(=O)(=O)c2ccccc2)o1)c1cccc2ccccc12. The van der Waals surface area contributed by atoms with Crippen molar-refractivity contribution >= 4 is 32.5 Å². The van der Waals surface area contributed by atoms with Gasteiger partial charge in [0.15, 0.2) is 9.84 Å². The molecular formula is C21H17N3O4S. The van der Waals surface area contributed by atoms with E-state index in [0.29, 0.717) is 5.56 Å². The standard InChI is InChI=1S/C21H17N3O4S/c25-20(18-12-6-8-15-7-4-5-11-17(15)18)22-21-24-23-19(28-21)13-14-29(26,27)16-9-2-1-3-10-16/h1-12H,13-14H2,(H,22,24,25). The number of aryl methyl sites for hydroxylation is 1. The second-order valence-corrected chi connectivity index (χ2v) is 8.47. The maximum Gasteiger partial charge on any atom is 0.322 e. The first kappa shape index (κ1) is 18.8. The molecule has 1 amide bonds. The fourth-order valence-electron chi connectivity index (χ4n) is 2.96. The Kier molecular flexibility index (Phi) is 5.09. The van der Waals surface area contributed by atoms with E-state index in [1.54, 1.807) is 42.5 Å². The molecule has 4 rings (SSSR count). The highest BCUT2D eigenvalue weighted by molar-refractivity contribution is 7.91. The second-order valence-electron chi connectivity index (χ2n) is 6.36. The summed E-state index contributed by atoms with van der Waals surface area (Å²) in [6.45, 7) is 0. The molecule has 0 bridgehead atoms. The van der Waals surface area contributed by atoms with Gasteiger partial charge in [-0.15, -0.1) is 5.10 Å². The van der Waals surface area contributed by atoms with Crippen molar-refractivity contribution in [3.8, 4) is 0 Å². The molecule has 0 fully saturated rings. The number of fused-ring (bicyclic) bond motifs is 1. The second kappa shape index (κ2) is 7.84. The van der Waals surface area contributed by atoms with Gasteiger partial charge >= 0.3 is 6.01 Å². The van der Waals surface area contributed by atoms with E-state index in [4.69, 9.17) is 4.42 Å². The van der Waals surface area contributed by atoms with Gasteiger partial charge in [-0.25, -0.2) is 8.42 Å². The minimum absolute atomic E-state index is 0.0500. The molecule has 29 heavy (non-hydrogen) atoms. The normalized spacial score (nSPS) is 11.4. The van der Waals surface area contributed by atoms with Crippen LogP contribution in [0.15, 0.2) is 82.1 Å². The first-order valence-corrected chi connectivity index (χ1v) is 10.6. The third-order valence-electron chi connectivity index (χ3n) is 4.41. The van der Waals surface area contributed by atoms with Gasteiger partial charge in [0.1, 0.15) is 0 Å². The van der Waals surface area contributed by atoms with Crippen molar-refractivity contribution in [2.45, 2.75) is 11.3 Å². The molecule has 0 atom stereocenters. The summed E-state index contributed by atoms with van der Waals surface area (Å²) in [5, 5.41) is 11.9. The van der Waals surface area contributed by atoms with Crippen LogP contribution in [0.3, 0.4) is 0 Å². The summed E-state index contributed by atoms with van der Waals surface area (Å²) in [4.78, 5) is 12.8. The topological polar surface area (TPSA) is 102 Å². The number of anilines is 1. The molecule has 0 aliphatic rings. The van der Waals surface area contributed by atoms with Gasteiger partial charge < -0.3 is 4.42 Å². The average molecular weight is 407 g/mol. The van der Waals surface area contributed by atoms with Crippen molar-refractivity contribution < 1.29 is 17.6 Å². The lowest BCUT2D eigenvalue weighted by Gasteiger charge is -2.05. The van der Waals surface area contributed by atoms with Crippen molar-refractivity contribution in [1.82, 2.24) is 10.2 Å². The van der Waals surface area contributed by atoms with E-state index in [-0.39, 0.29) is 34.9 Å². The van der Waals surface area contributed by atoms with Gasteiger partial charge in [-0.1, -0.05) is 59.7 Å². The van der Waals surface area contributed by atoms with Gasteiger partial charge in [0.05, 0.1) is 10.6 Å². The number of benzene rings is 3. The van der Waals surface area contributed by atoms with Crippen LogP contribution < -0.4 is 5.32 Å². The van der Waals surface area contributed by atoms with Crippen LogP contribution in [0.2, 0.25) is 0 Å². The molecule has 0 spiro atoms. The van der Waals surface area contributed by atoms with Gasteiger partial charge in [0.2, 0.25) is 5.89 Å². The Morgan fingerprint density at radius 2 is 1.62 bits per heavy atom. The summed E-state index contributed by atoms with van der Waals surface area (Å²) in [5.74, 6) is -0.415. The quantitative estimate of drug-likeness (QED) is 0.525. The Morgan fingerprint density at radius 1 is 0.897 bits per heavy atom. The smallest absolute Gasteiger partial charge is 0.322 e. The van der Waals surface area contributed by atoms with Crippen LogP contribution >= 0.6 is 0 Å². The van der Waals surface area contributed by atoms with Crippen LogP contribution in [0.25, 0.3) is 10.8 Å². The zero-order chi connectivity index (χ0) is 20.3. The van der Waals surface area contributed by atoms with Gasteiger partial charge in [0, 0.05) is 12.0 Å². The molecule has 8 heteroatoms. The van der Waals surface area contributed by atoms with E-state index in [1.165, 1.54) is 0 Å². The van der Waals surface area contributed by atoms with Crippen LogP contribution in [0.5, 0.6) is 0 Å². The number of hydrogen-bond donors (Lipinski definition) is 1. The summed E-state index contributed by atoms with van der Waals surface area (Å²) in [6, 6.07) is 21.1. The van der Waals surface area contributed by atoms with Gasteiger partial charge in [-0.2, -0.15) is 0 Å². The molecule has 146 valence electrons. The van der Waals surface area contributed by atoms with Crippen molar-refractivity contribution in [3.05, 3.63) is 84.3 Å². The van der Waals surface area contributed by atoms with Crippen LogP contribution in [0, 0.1) is 0 Å². The molecular weight excluding hydrogens is 390 g/mol. The lowest BCUT2D eigenvalue weighted by molar-refractivity contribution is 0.102. The van der Waals surface area contributed by atoms with Gasteiger partial charge in [-0.05, 0) is 29.0 Å². The molecule has 4 aromatic rings. The predicted molar refractivity (Wildman–Crippen MR) is 108 cm³/mol. The number of nitrogens with one attached hydrogen (secondary N) is 1. The predicted octanol–water partition coefficient (Wildman–Crippen LogP) is 3.49.